The molecule has 0 radical (unpaired) electrons. The lowest BCUT2D eigenvalue weighted by molar-refractivity contribution is 0.0482. The van der Waals surface area contributed by atoms with Crippen LogP contribution in [0.1, 0.15) is 52.0 Å². The van der Waals surface area contributed by atoms with Crippen LogP contribution in [0, 0.1) is 0 Å². The smallest absolute Gasteiger partial charge is 0.339 e. The summed E-state index contributed by atoms with van der Waals surface area (Å²) in [5.74, 6) is -1.02. The molecule has 1 amide bonds. The van der Waals surface area contributed by atoms with E-state index in [9.17, 15) is 14.7 Å². The quantitative estimate of drug-likeness (QED) is 0.822. The first-order valence-electron chi connectivity index (χ1n) is 8.89. The van der Waals surface area contributed by atoms with E-state index in [0.29, 0.717) is 31.9 Å². The number of aromatic carboxylic acids is 1. The Morgan fingerprint density at radius 2 is 2.04 bits per heavy atom. The monoisotopic (exact) mass is 357 g/mol. The number of hydrogen-bond donors (Lipinski definition) is 1. The van der Waals surface area contributed by atoms with Gasteiger partial charge in [-0.15, -0.1) is 0 Å². The van der Waals surface area contributed by atoms with Crippen molar-refractivity contribution < 1.29 is 23.8 Å². The van der Waals surface area contributed by atoms with Crippen LogP contribution in [-0.4, -0.2) is 41.1 Å². The lowest BCUT2D eigenvalue weighted by Gasteiger charge is -2.24. The van der Waals surface area contributed by atoms with E-state index in [4.69, 9.17) is 9.15 Å². The number of carbonyl (C=O) groups is 2. The van der Waals surface area contributed by atoms with E-state index in [2.05, 4.69) is 0 Å². The van der Waals surface area contributed by atoms with Crippen molar-refractivity contribution in [2.45, 2.75) is 38.8 Å². The van der Waals surface area contributed by atoms with Gasteiger partial charge in [0.1, 0.15) is 11.3 Å². The molecule has 3 rings (SSSR count). The molecule has 2 aromatic rings. The number of aryl methyl sites for hydroxylation is 1. The predicted molar refractivity (Wildman–Crippen MR) is 95.2 cm³/mol. The van der Waals surface area contributed by atoms with Crippen LogP contribution in [0.3, 0.4) is 0 Å². The SMILES string of the molecule is CCc1oc(C(=O)N(Cc2ccccc2)CC2CCCO2)cc1C(=O)O. The summed E-state index contributed by atoms with van der Waals surface area (Å²) in [5.41, 5.74) is 1.05. The molecule has 6 nitrogen and oxygen atoms in total. The van der Waals surface area contributed by atoms with Crippen molar-refractivity contribution in [1.82, 2.24) is 4.90 Å². The molecule has 0 spiro atoms. The maximum atomic E-state index is 13.0. The second kappa shape index (κ2) is 8.19. The van der Waals surface area contributed by atoms with Gasteiger partial charge >= 0.3 is 5.97 Å². The van der Waals surface area contributed by atoms with Gasteiger partial charge in [-0.1, -0.05) is 37.3 Å². The summed E-state index contributed by atoms with van der Waals surface area (Å²) < 4.78 is 11.2. The van der Waals surface area contributed by atoms with Crippen molar-refractivity contribution in [1.29, 1.82) is 0 Å². The second-order valence-electron chi connectivity index (χ2n) is 6.41. The molecule has 0 aliphatic carbocycles. The number of carboxylic acids is 1. The molecule has 1 atom stereocenters. The Labute approximate surface area is 152 Å². The van der Waals surface area contributed by atoms with E-state index in [1.807, 2.05) is 30.3 Å². The maximum Gasteiger partial charge on any atom is 0.339 e. The zero-order valence-corrected chi connectivity index (χ0v) is 14.8. The molecule has 1 aliphatic rings. The molecule has 26 heavy (non-hydrogen) atoms. The van der Waals surface area contributed by atoms with Crippen molar-refractivity contribution in [3.05, 3.63) is 59.0 Å². The molecule has 0 bridgehead atoms. The molecule has 0 saturated carbocycles. The fourth-order valence-electron chi connectivity index (χ4n) is 3.19. The van der Waals surface area contributed by atoms with Crippen molar-refractivity contribution in [3.8, 4) is 0 Å². The largest absolute Gasteiger partial charge is 0.478 e. The number of ether oxygens (including phenoxy) is 1. The summed E-state index contributed by atoms with van der Waals surface area (Å²) >= 11 is 0. The summed E-state index contributed by atoms with van der Waals surface area (Å²) in [6.45, 7) is 3.39. The maximum absolute atomic E-state index is 13.0. The van der Waals surface area contributed by atoms with Crippen LogP contribution < -0.4 is 0 Å². The van der Waals surface area contributed by atoms with Gasteiger partial charge in [0, 0.05) is 32.2 Å². The Bertz CT molecular complexity index is 762. The van der Waals surface area contributed by atoms with Crippen LogP contribution in [0.2, 0.25) is 0 Å². The molecule has 6 heteroatoms. The normalized spacial score (nSPS) is 16.6. The van der Waals surface area contributed by atoms with Crippen LogP contribution in [0.15, 0.2) is 40.8 Å². The number of rotatable bonds is 7. The highest BCUT2D eigenvalue weighted by Crippen LogP contribution is 2.21. The Kier molecular flexibility index (Phi) is 5.73. The number of hydrogen-bond acceptors (Lipinski definition) is 4. The number of amides is 1. The van der Waals surface area contributed by atoms with Crippen LogP contribution in [0.4, 0.5) is 0 Å². The van der Waals surface area contributed by atoms with Gasteiger partial charge < -0.3 is 19.2 Å². The zero-order chi connectivity index (χ0) is 18.5. The Hall–Kier alpha value is -2.60. The number of nitrogens with zero attached hydrogens (tertiary/aromatic N) is 1. The summed E-state index contributed by atoms with van der Waals surface area (Å²) in [4.78, 5) is 26.1. The van der Waals surface area contributed by atoms with Gasteiger partial charge in [-0.3, -0.25) is 4.79 Å². The van der Waals surface area contributed by atoms with Gasteiger partial charge in [0.05, 0.1) is 6.10 Å². The molecule has 2 heterocycles. The third-order valence-corrected chi connectivity index (χ3v) is 4.52. The molecule has 1 aromatic carbocycles. The minimum absolute atomic E-state index is 0.00205. The Balaban J connectivity index is 1.84. The van der Waals surface area contributed by atoms with Crippen molar-refractivity contribution in [3.63, 3.8) is 0 Å². The zero-order valence-electron chi connectivity index (χ0n) is 14.8. The van der Waals surface area contributed by atoms with Crippen LogP contribution in [0.25, 0.3) is 0 Å². The fraction of sp³-hybridized carbons (Fsp3) is 0.400. The summed E-state index contributed by atoms with van der Waals surface area (Å²) in [6, 6.07) is 11.0. The van der Waals surface area contributed by atoms with E-state index in [0.717, 1.165) is 18.4 Å². The molecular weight excluding hydrogens is 334 g/mol. The molecule has 1 unspecified atom stereocenters. The number of carbonyl (C=O) groups excluding carboxylic acids is 1. The highest BCUT2D eigenvalue weighted by Gasteiger charge is 2.27. The molecule has 1 aliphatic heterocycles. The first-order valence-corrected chi connectivity index (χ1v) is 8.89. The molecule has 138 valence electrons. The Morgan fingerprint density at radius 1 is 1.27 bits per heavy atom. The summed E-state index contributed by atoms with van der Waals surface area (Å²) in [7, 11) is 0. The first kappa shape index (κ1) is 18.2. The molecular formula is C20H23NO5. The third-order valence-electron chi connectivity index (χ3n) is 4.52. The van der Waals surface area contributed by atoms with E-state index < -0.39 is 5.97 Å². The van der Waals surface area contributed by atoms with Gasteiger partial charge in [-0.05, 0) is 18.4 Å². The van der Waals surface area contributed by atoms with E-state index in [-0.39, 0.29) is 23.3 Å². The van der Waals surface area contributed by atoms with Gasteiger partial charge in [-0.2, -0.15) is 0 Å². The first-order chi connectivity index (χ1) is 12.6. The number of benzene rings is 1. The molecule has 1 saturated heterocycles. The summed E-state index contributed by atoms with van der Waals surface area (Å²) in [5, 5.41) is 9.29. The molecule has 1 N–H and O–H groups in total. The van der Waals surface area contributed by atoms with Crippen LogP contribution in [0.5, 0.6) is 0 Å². The summed E-state index contributed by atoms with van der Waals surface area (Å²) in [6.07, 6.45) is 2.32. The molecule has 1 fully saturated rings. The minimum Gasteiger partial charge on any atom is -0.478 e. The third kappa shape index (κ3) is 4.14. The average Bonchev–Trinajstić information content (AvgIpc) is 3.31. The topological polar surface area (TPSA) is 80.0 Å². The second-order valence-corrected chi connectivity index (χ2v) is 6.41. The highest BCUT2D eigenvalue weighted by molar-refractivity contribution is 5.96. The van der Waals surface area contributed by atoms with Crippen molar-refractivity contribution in [2.75, 3.05) is 13.2 Å². The van der Waals surface area contributed by atoms with Gasteiger partial charge in [0.2, 0.25) is 0 Å². The van der Waals surface area contributed by atoms with E-state index in [1.54, 1.807) is 11.8 Å². The van der Waals surface area contributed by atoms with Gasteiger partial charge in [0.15, 0.2) is 5.76 Å². The standard InChI is InChI=1S/C20H23NO5/c1-2-17-16(20(23)24)11-18(26-17)19(22)21(13-15-9-6-10-25-15)12-14-7-4-3-5-8-14/h3-5,7-8,11,15H,2,6,9-10,12-13H2,1H3,(H,23,24). The van der Waals surface area contributed by atoms with Gasteiger partial charge in [-0.25, -0.2) is 4.79 Å². The predicted octanol–water partition coefficient (Wildman–Crippen LogP) is 3.36. The Morgan fingerprint density at radius 3 is 2.62 bits per heavy atom. The van der Waals surface area contributed by atoms with Crippen molar-refractivity contribution in [2.24, 2.45) is 0 Å². The van der Waals surface area contributed by atoms with Gasteiger partial charge in [0.25, 0.3) is 5.91 Å². The minimum atomic E-state index is -1.08. The number of carboxylic acid groups (broad SMARTS) is 1. The average molecular weight is 357 g/mol. The fourth-order valence-corrected chi connectivity index (χ4v) is 3.19. The lowest BCUT2D eigenvalue weighted by atomic mass is 10.1. The van der Waals surface area contributed by atoms with E-state index >= 15 is 0 Å². The lowest BCUT2D eigenvalue weighted by Crippen LogP contribution is -2.36. The van der Waals surface area contributed by atoms with Crippen LogP contribution in [-0.2, 0) is 17.7 Å². The van der Waals surface area contributed by atoms with E-state index in [1.165, 1.54) is 6.07 Å². The van der Waals surface area contributed by atoms with Crippen molar-refractivity contribution >= 4 is 11.9 Å². The number of furan rings is 1. The van der Waals surface area contributed by atoms with Crippen LogP contribution >= 0.6 is 0 Å². The molecule has 1 aromatic heterocycles. The highest BCUT2D eigenvalue weighted by atomic mass is 16.5.